The van der Waals surface area contributed by atoms with E-state index in [4.69, 9.17) is 4.52 Å². The fourth-order valence-electron chi connectivity index (χ4n) is 2.20. The Morgan fingerprint density at radius 2 is 2.00 bits per heavy atom. The van der Waals surface area contributed by atoms with Crippen LogP contribution in [0.1, 0.15) is 38.9 Å². The molecule has 0 aromatic carbocycles. The van der Waals surface area contributed by atoms with Gasteiger partial charge in [0.15, 0.2) is 5.82 Å². The Balaban J connectivity index is 3.13. The van der Waals surface area contributed by atoms with Gasteiger partial charge in [-0.15, -0.1) is 0 Å². The van der Waals surface area contributed by atoms with Crippen molar-refractivity contribution in [3.8, 4) is 0 Å². The zero-order chi connectivity index (χ0) is 20.4. The molecule has 0 saturated heterocycles. The van der Waals surface area contributed by atoms with Gasteiger partial charge in [0, 0.05) is 43.8 Å². The van der Waals surface area contributed by atoms with Gasteiger partial charge in [-0.05, 0) is 45.9 Å². The van der Waals surface area contributed by atoms with Gasteiger partial charge in [-0.3, -0.25) is 0 Å². The van der Waals surface area contributed by atoms with Gasteiger partial charge in [0.25, 0.3) is 5.89 Å². The van der Waals surface area contributed by atoms with E-state index >= 15 is 0 Å². The fraction of sp³-hybridized carbons (Fsp3) is 0.450. The van der Waals surface area contributed by atoms with Gasteiger partial charge in [0.05, 0.1) is 0 Å². The van der Waals surface area contributed by atoms with Gasteiger partial charge < -0.3 is 20.1 Å². The summed E-state index contributed by atoms with van der Waals surface area (Å²) in [6, 6.07) is 0. The van der Waals surface area contributed by atoms with Crippen LogP contribution in [0.15, 0.2) is 51.4 Å². The Hall–Kier alpha value is -2.67. The predicted molar refractivity (Wildman–Crippen MR) is 112 cm³/mol. The van der Waals surface area contributed by atoms with E-state index in [-0.39, 0.29) is 0 Å². The lowest BCUT2D eigenvalue weighted by Gasteiger charge is -2.23. The van der Waals surface area contributed by atoms with Crippen LogP contribution in [0.3, 0.4) is 0 Å². The molecule has 0 radical (unpaired) electrons. The molecule has 0 fully saturated rings. The van der Waals surface area contributed by atoms with E-state index in [1.54, 1.807) is 6.92 Å². The topological polar surface area (TPSA) is 78.6 Å². The van der Waals surface area contributed by atoms with Crippen molar-refractivity contribution >= 4 is 11.4 Å². The molecule has 0 unspecified atom stereocenters. The molecule has 7 heteroatoms. The standard InChI is InChI=1S/C20H32N6O/c1-9-14(2)19(11-10-15(3)20-24-16(4)25-27-20)26(8)17(5)23-13-18(22-7)12-21-6/h10-11,13,21-22H,2,9,12H2,1,3-8H3/b15-10+,18-13+,19-11+,23-17?. The third kappa shape index (κ3) is 6.86. The average Bonchev–Trinajstić information content (AvgIpc) is 3.10. The van der Waals surface area contributed by atoms with Crippen LogP contribution in [-0.4, -0.2) is 48.6 Å². The van der Waals surface area contributed by atoms with Crippen LogP contribution in [0.2, 0.25) is 0 Å². The van der Waals surface area contributed by atoms with Crippen molar-refractivity contribution < 1.29 is 4.52 Å². The average molecular weight is 373 g/mol. The van der Waals surface area contributed by atoms with Crippen LogP contribution in [0.25, 0.3) is 5.57 Å². The van der Waals surface area contributed by atoms with Gasteiger partial charge in [0.1, 0.15) is 5.84 Å². The first-order chi connectivity index (χ1) is 12.8. The third-order valence-corrected chi connectivity index (χ3v) is 4.09. The summed E-state index contributed by atoms with van der Waals surface area (Å²) in [4.78, 5) is 10.9. The van der Waals surface area contributed by atoms with Gasteiger partial charge in [-0.25, -0.2) is 4.99 Å². The summed E-state index contributed by atoms with van der Waals surface area (Å²) in [7, 11) is 5.77. The normalized spacial score (nSPS) is 13.7. The molecule has 0 aliphatic carbocycles. The minimum Gasteiger partial charge on any atom is -0.389 e. The Bertz CT molecular complexity index is 754. The first-order valence-electron chi connectivity index (χ1n) is 9.00. The van der Waals surface area contributed by atoms with Crippen molar-refractivity contribution in [1.29, 1.82) is 0 Å². The molecule has 0 aliphatic heterocycles. The van der Waals surface area contributed by atoms with Crippen LogP contribution in [0.4, 0.5) is 0 Å². The first-order valence-corrected chi connectivity index (χ1v) is 9.00. The van der Waals surface area contributed by atoms with Crippen molar-refractivity contribution in [2.24, 2.45) is 4.99 Å². The Morgan fingerprint density at radius 3 is 2.52 bits per heavy atom. The van der Waals surface area contributed by atoms with Crippen molar-refractivity contribution in [2.75, 3.05) is 27.7 Å². The van der Waals surface area contributed by atoms with E-state index in [1.807, 2.05) is 58.2 Å². The zero-order valence-corrected chi connectivity index (χ0v) is 17.6. The van der Waals surface area contributed by atoms with Crippen molar-refractivity contribution in [2.45, 2.75) is 34.1 Å². The van der Waals surface area contributed by atoms with E-state index in [1.165, 1.54) is 0 Å². The van der Waals surface area contributed by atoms with Crippen LogP contribution in [-0.2, 0) is 0 Å². The van der Waals surface area contributed by atoms with E-state index in [2.05, 4.69) is 39.3 Å². The number of aryl methyl sites for hydroxylation is 1. The Kier molecular flexibility index (Phi) is 9.22. The molecule has 2 N–H and O–H groups in total. The summed E-state index contributed by atoms with van der Waals surface area (Å²) in [6.07, 6.45) is 6.64. The molecule has 27 heavy (non-hydrogen) atoms. The monoisotopic (exact) mass is 372 g/mol. The minimum absolute atomic E-state index is 0.520. The molecule has 1 aromatic heterocycles. The predicted octanol–water partition coefficient (Wildman–Crippen LogP) is 3.26. The third-order valence-electron chi connectivity index (χ3n) is 4.09. The highest BCUT2D eigenvalue weighted by Gasteiger charge is 2.10. The highest BCUT2D eigenvalue weighted by Crippen LogP contribution is 2.18. The van der Waals surface area contributed by atoms with E-state index in [0.29, 0.717) is 11.7 Å². The molecule has 0 aliphatic rings. The maximum Gasteiger partial charge on any atom is 0.253 e. The SMILES string of the molecule is C=C(CC)/C(=C\C=C(/C)c1nc(C)no1)N(C)C(C)=N/C=C(\CNC)NC. The molecular formula is C20H32N6O. The smallest absolute Gasteiger partial charge is 0.253 e. The van der Waals surface area contributed by atoms with Crippen molar-refractivity contribution in [3.63, 3.8) is 0 Å². The first kappa shape index (κ1) is 22.4. The van der Waals surface area contributed by atoms with Crippen molar-refractivity contribution in [1.82, 2.24) is 25.7 Å². The fourth-order valence-corrected chi connectivity index (χ4v) is 2.20. The van der Waals surface area contributed by atoms with Gasteiger partial charge >= 0.3 is 0 Å². The minimum atomic E-state index is 0.520. The number of aromatic nitrogens is 2. The number of likely N-dealkylation sites (N-methyl/N-ethyl adjacent to an activating group) is 3. The largest absolute Gasteiger partial charge is 0.389 e. The van der Waals surface area contributed by atoms with Crippen LogP contribution in [0, 0.1) is 6.92 Å². The Labute approximate surface area is 162 Å². The lowest BCUT2D eigenvalue weighted by Crippen LogP contribution is -2.25. The molecule has 0 spiro atoms. The maximum absolute atomic E-state index is 5.21. The summed E-state index contributed by atoms with van der Waals surface area (Å²) in [5.74, 6) is 2.00. The highest BCUT2D eigenvalue weighted by molar-refractivity contribution is 5.82. The molecule has 0 amide bonds. The highest BCUT2D eigenvalue weighted by atomic mass is 16.5. The lowest BCUT2D eigenvalue weighted by atomic mass is 10.1. The van der Waals surface area contributed by atoms with Gasteiger partial charge in [0.2, 0.25) is 0 Å². The summed E-state index contributed by atoms with van der Waals surface area (Å²) in [5.41, 5.74) is 3.91. The molecule has 0 atom stereocenters. The molecule has 148 valence electrons. The number of nitrogens with one attached hydrogen (secondary N) is 2. The van der Waals surface area contributed by atoms with Crippen LogP contribution < -0.4 is 10.6 Å². The van der Waals surface area contributed by atoms with Gasteiger partial charge in [-0.2, -0.15) is 4.98 Å². The van der Waals surface area contributed by atoms with E-state index < -0.39 is 0 Å². The summed E-state index contributed by atoms with van der Waals surface area (Å²) in [5, 5.41) is 10.1. The molecule has 1 aromatic rings. The number of hydrogen-bond donors (Lipinski definition) is 2. The Morgan fingerprint density at radius 1 is 1.30 bits per heavy atom. The second-order valence-electron chi connectivity index (χ2n) is 6.18. The van der Waals surface area contributed by atoms with Crippen molar-refractivity contribution in [3.05, 3.63) is 53.6 Å². The van der Waals surface area contributed by atoms with Crippen LogP contribution in [0.5, 0.6) is 0 Å². The summed E-state index contributed by atoms with van der Waals surface area (Å²) >= 11 is 0. The summed E-state index contributed by atoms with van der Waals surface area (Å²) in [6.45, 7) is 12.7. The zero-order valence-electron chi connectivity index (χ0n) is 17.6. The van der Waals surface area contributed by atoms with E-state index in [0.717, 1.165) is 41.3 Å². The molecule has 7 nitrogen and oxygen atoms in total. The second-order valence-corrected chi connectivity index (χ2v) is 6.18. The number of rotatable bonds is 9. The van der Waals surface area contributed by atoms with Gasteiger partial charge in [-0.1, -0.05) is 24.7 Å². The maximum atomic E-state index is 5.21. The number of allylic oxidation sites excluding steroid dienone is 4. The molecule has 0 saturated carbocycles. The number of hydrogen-bond acceptors (Lipinski definition) is 6. The molecule has 1 rings (SSSR count). The number of aliphatic imine (C=N–C) groups is 1. The van der Waals surface area contributed by atoms with E-state index in [9.17, 15) is 0 Å². The second kappa shape index (κ2) is 11.1. The lowest BCUT2D eigenvalue weighted by molar-refractivity contribution is 0.402. The summed E-state index contributed by atoms with van der Waals surface area (Å²) < 4.78 is 5.21. The number of amidine groups is 1. The molecule has 0 bridgehead atoms. The number of nitrogens with zero attached hydrogens (tertiary/aromatic N) is 4. The molecular weight excluding hydrogens is 340 g/mol. The quantitative estimate of drug-likeness (QED) is 0.393. The molecule has 1 heterocycles. The van der Waals surface area contributed by atoms with Crippen LogP contribution >= 0.6 is 0 Å².